The molecule has 2 aromatic rings. The van der Waals surface area contributed by atoms with Crippen molar-refractivity contribution in [3.63, 3.8) is 0 Å². The number of urea groups is 1. The lowest BCUT2D eigenvalue weighted by Crippen LogP contribution is -2.38. The minimum Gasteiger partial charge on any atom is -0.491 e. The van der Waals surface area contributed by atoms with E-state index in [0.717, 1.165) is 23.6 Å². The number of ether oxygens (including phenoxy) is 1. The molecule has 0 aliphatic heterocycles. The van der Waals surface area contributed by atoms with Gasteiger partial charge in [-0.15, -0.1) is 0 Å². The Morgan fingerprint density at radius 2 is 2.09 bits per heavy atom. The molecule has 2 N–H and O–H groups in total. The maximum atomic E-state index is 12.0. The average Bonchev–Trinajstić information content (AvgIpc) is 3.01. The monoisotopic (exact) mass is 316 g/mol. The van der Waals surface area contributed by atoms with Crippen LogP contribution in [0.1, 0.15) is 25.2 Å². The van der Waals surface area contributed by atoms with E-state index in [1.54, 1.807) is 24.3 Å². The second kappa shape index (κ2) is 8.22. The van der Waals surface area contributed by atoms with Crippen molar-refractivity contribution in [2.45, 2.75) is 32.9 Å². The Morgan fingerprint density at radius 1 is 1.35 bits per heavy atom. The van der Waals surface area contributed by atoms with Crippen molar-refractivity contribution in [1.82, 2.24) is 20.2 Å². The van der Waals surface area contributed by atoms with Crippen molar-refractivity contribution in [3.05, 3.63) is 48.0 Å². The minimum atomic E-state index is -0.110. The Labute approximate surface area is 136 Å². The smallest absolute Gasteiger partial charge is 0.317 e. The van der Waals surface area contributed by atoms with E-state index in [2.05, 4.69) is 15.3 Å². The van der Waals surface area contributed by atoms with Gasteiger partial charge in [-0.1, -0.05) is 12.1 Å². The van der Waals surface area contributed by atoms with Crippen molar-refractivity contribution < 1.29 is 9.53 Å². The SMILES string of the molecule is CC(C)Oc1ccc(CCNC(=O)N(C)Cc2ncc[nH]2)cc1. The highest BCUT2D eigenvalue weighted by atomic mass is 16.5. The molecule has 6 heteroatoms. The zero-order chi connectivity index (χ0) is 16.7. The molecule has 0 unspecified atom stereocenters. The summed E-state index contributed by atoms with van der Waals surface area (Å²) in [4.78, 5) is 20.7. The predicted octanol–water partition coefficient (Wildman–Crippen LogP) is 2.58. The van der Waals surface area contributed by atoms with Crippen LogP contribution in [0.2, 0.25) is 0 Å². The number of nitrogens with zero attached hydrogens (tertiary/aromatic N) is 2. The number of carbonyl (C=O) groups excluding carboxylic acids is 1. The molecular formula is C17H24N4O2. The zero-order valence-corrected chi connectivity index (χ0v) is 13.9. The molecule has 0 spiro atoms. The van der Waals surface area contributed by atoms with E-state index in [0.29, 0.717) is 13.1 Å². The van der Waals surface area contributed by atoms with Crippen molar-refractivity contribution >= 4 is 6.03 Å². The fraction of sp³-hybridized carbons (Fsp3) is 0.412. The first-order chi connectivity index (χ1) is 11.0. The van der Waals surface area contributed by atoms with Crippen LogP contribution in [0.25, 0.3) is 0 Å². The summed E-state index contributed by atoms with van der Waals surface area (Å²) in [6.07, 6.45) is 4.37. The van der Waals surface area contributed by atoms with Gasteiger partial charge in [0.15, 0.2) is 0 Å². The Morgan fingerprint density at radius 3 is 2.70 bits per heavy atom. The quantitative estimate of drug-likeness (QED) is 0.825. The van der Waals surface area contributed by atoms with Gasteiger partial charge in [0.2, 0.25) is 0 Å². The molecule has 0 aliphatic rings. The molecule has 2 amide bonds. The van der Waals surface area contributed by atoms with Crippen LogP contribution < -0.4 is 10.1 Å². The van der Waals surface area contributed by atoms with Crippen LogP contribution in [-0.2, 0) is 13.0 Å². The number of amides is 2. The number of nitrogens with one attached hydrogen (secondary N) is 2. The summed E-state index contributed by atoms with van der Waals surface area (Å²) in [7, 11) is 1.75. The van der Waals surface area contributed by atoms with Crippen LogP contribution in [0.3, 0.4) is 0 Å². The number of benzene rings is 1. The first kappa shape index (κ1) is 16.9. The molecule has 0 fully saturated rings. The van der Waals surface area contributed by atoms with Crippen molar-refractivity contribution in [2.24, 2.45) is 0 Å². The van der Waals surface area contributed by atoms with Gasteiger partial charge < -0.3 is 19.9 Å². The van der Waals surface area contributed by atoms with E-state index in [1.807, 2.05) is 38.1 Å². The Bertz CT molecular complexity index is 594. The summed E-state index contributed by atoms with van der Waals surface area (Å²) in [6, 6.07) is 7.86. The number of hydrogen-bond acceptors (Lipinski definition) is 3. The summed E-state index contributed by atoms with van der Waals surface area (Å²) in [5.74, 6) is 1.63. The number of aromatic nitrogens is 2. The van der Waals surface area contributed by atoms with Crippen LogP contribution in [0, 0.1) is 0 Å². The highest BCUT2D eigenvalue weighted by Crippen LogP contribution is 2.13. The van der Waals surface area contributed by atoms with E-state index in [-0.39, 0.29) is 12.1 Å². The minimum absolute atomic E-state index is 0.110. The van der Waals surface area contributed by atoms with Crippen LogP contribution in [-0.4, -0.2) is 40.6 Å². The summed E-state index contributed by atoms with van der Waals surface area (Å²) < 4.78 is 5.61. The van der Waals surface area contributed by atoms with Gasteiger partial charge in [0.1, 0.15) is 11.6 Å². The normalized spacial score (nSPS) is 10.6. The summed E-state index contributed by atoms with van der Waals surface area (Å²) >= 11 is 0. The molecule has 0 saturated heterocycles. The van der Waals surface area contributed by atoms with Gasteiger partial charge in [-0.2, -0.15) is 0 Å². The standard InChI is InChI=1S/C17H24N4O2/c1-13(2)23-15-6-4-14(5-7-15)8-9-20-17(22)21(3)12-16-18-10-11-19-16/h4-7,10-11,13H,8-9,12H2,1-3H3,(H,18,19)(H,20,22). The number of carbonyl (C=O) groups is 1. The van der Waals surface area contributed by atoms with E-state index in [1.165, 1.54) is 0 Å². The van der Waals surface area contributed by atoms with Crippen molar-refractivity contribution in [2.75, 3.05) is 13.6 Å². The number of hydrogen-bond donors (Lipinski definition) is 2. The Kier molecular flexibility index (Phi) is 6.02. The fourth-order valence-corrected chi connectivity index (χ4v) is 2.14. The van der Waals surface area contributed by atoms with E-state index < -0.39 is 0 Å². The Hall–Kier alpha value is -2.50. The molecule has 23 heavy (non-hydrogen) atoms. The van der Waals surface area contributed by atoms with Crippen molar-refractivity contribution in [1.29, 1.82) is 0 Å². The largest absolute Gasteiger partial charge is 0.491 e. The van der Waals surface area contributed by atoms with Gasteiger partial charge in [0.05, 0.1) is 12.6 Å². The van der Waals surface area contributed by atoms with E-state index >= 15 is 0 Å². The van der Waals surface area contributed by atoms with Crippen LogP contribution in [0.15, 0.2) is 36.7 Å². The second-order valence-corrected chi connectivity index (χ2v) is 5.68. The third-order valence-electron chi connectivity index (χ3n) is 3.27. The molecule has 0 radical (unpaired) electrons. The number of imidazole rings is 1. The highest BCUT2D eigenvalue weighted by molar-refractivity contribution is 5.73. The highest BCUT2D eigenvalue weighted by Gasteiger charge is 2.09. The molecule has 2 rings (SSSR count). The van der Waals surface area contributed by atoms with Gasteiger partial charge in [-0.3, -0.25) is 0 Å². The van der Waals surface area contributed by atoms with Crippen LogP contribution in [0.5, 0.6) is 5.75 Å². The second-order valence-electron chi connectivity index (χ2n) is 5.68. The molecule has 0 bridgehead atoms. The summed E-state index contributed by atoms with van der Waals surface area (Å²) in [5.41, 5.74) is 1.16. The van der Waals surface area contributed by atoms with Crippen LogP contribution in [0.4, 0.5) is 4.79 Å². The van der Waals surface area contributed by atoms with Crippen LogP contribution >= 0.6 is 0 Å². The maximum Gasteiger partial charge on any atom is 0.317 e. The van der Waals surface area contributed by atoms with Gasteiger partial charge >= 0.3 is 6.03 Å². The summed E-state index contributed by atoms with van der Waals surface area (Å²) in [5, 5.41) is 2.90. The number of rotatable bonds is 7. The molecule has 0 atom stereocenters. The molecule has 1 aromatic carbocycles. The zero-order valence-electron chi connectivity index (χ0n) is 13.9. The lowest BCUT2D eigenvalue weighted by atomic mass is 10.1. The maximum absolute atomic E-state index is 12.0. The van der Waals surface area contributed by atoms with Gasteiger partial charge in [0, 0.05) is 26.0 Å². The molecule has 124 valence electrons. The van der Waals surface area contributed by atoms with E-state index in [4.69, 9.17) is 4.74 Å². The van der Waals surface area contributed by atoms with Gasteiger partial charge in [-0.05, 0) is 38.0 Å². The molecule has 0 aliphatic carbocycles. The van der Waals surface area contributed by atoms with Gasteiger partial charge in [0.25, 0.3) is 0 Å². The third-order valence-corrected chi connectivity index (χ3v) is 3.27. The Balaban J connectivity index is 1.72. The van der Waals surface area contributed by atoms with Gasteiger partial charge in [-0.25, -0.2) is 9.78 Å². The molecular weight excluding hydrogens is 292 g/mol. The molecule has 1 aromatic heterocycles. The first-order valence-electron chi connectivity index (χ1n) is 7.77. The van der Waals surface area contributed by atoms with Crippen molar-refractivity contribution in [3.8, 4) is 5.75 Å². The lowest BCUT2D eigenvalue weighted by molar-refractivity contribution is 0.206. The predicted molar refractivity (Wildman–Crippen MR) is 89.4 cm³/mol. The topological polar surface area (TPSA) is 70.2 Å². The lowest BCUT2D eigenvalue weighted by Gasteiger charge is -2.16. The third kappa shape index (κ3) is 5.65. The molecule has 0 saturated carbocycles. The van der Waals surface area contributed by atoms with E-state index in [9.17, 15) is 4.79 Å². The first-order valence-corrected chi connectivity index (χ1v) is 7.77. The number of aromatic amines is 1. The molecule has 6 nitrogen and oxygen atoms in total. The molecule has 1 heterocycles. The number of H-pyrrole nitrogens is 1. The fourth-order valence-electron chi connectivity index (χ4n) is 2.14. The summed E-state index contributed by atoms with van der Waals surface area (Å²) in [6.45, 7) is 5.05. The average molecular weight is 316 g/mol.